The summed E-state index contributed by atoms with van der Waals surface area (Å²) in [5.41, 5.74) is 1.49. The predicted octanol–water partition coefficient (Wildman–Crippen LogP) is 3.59. The summed E-state index contributed by atoms with van der Waals surface area (Å²) < 4.78 is 0. The van der Waals surface area contributed by atoms with Crippen LogP contribution in [-0.4, -0.2) is 5.78 Å². The van der Waals surface area contributed by atoms with Crippen molar-refractivity contribution in [2.24, 2.45) is 23.7 Å². The molecule has 0 spiro atoms. The van der Waals surface area contributed by atoms with E-state index in [1.54, 1.807) is 0 Å². The van der Waals surface area contributed by atoms with Gasteiger partial charge in [0.25, 0.3) is 0 Å². The van der Waals surface area contributed by atoms with Crippen molar-refractivity contribution in [1.29, 1.82) is 0 Å². The second-order valence-electron chi connectivity index (χ2n) is 5.66. The second-order valence-corrected chi connectivity index (χ2v) is 5.66. The maximum atomic E-state index is 11.5. The summed E-state index contributed by atoms with van der Waals surface area (Å²) in [7, 11) is 0. The lowest BCUT2D eigenvalue weighted by atomic mass is 9.64. The van der Waals surface area contributed by atoms with Crippen LogP contribution in [-0.2, 0) is 4.79 Å². The summed E-state index contributed by atoms with van der Waals surface area (Å²) in [4.78, 5) is 11.5. The van der Waals surface area contributed by atoms with Crippen molar-refractivity contribution in [3.8, 4) is 0 Å². The zero-order chi connectivity index (χ0) is 11.0. The standard InChI is InChI=1S/C14H22O/c1-9(2)12-6-4-10(3)13-7-5-11(15)8-14(12)13/h8-10,12-13H,4-7H2,1-3H3/t10-,12+,13-/m0/s1. The quantitative estimate of drug-likeness (QED) is 0.640. The summed E-state index contributed by atoms with van der Waals surface area (Å²) in [6.45, 7) is 6.93. The molecule has 0 heterocycles. The molecule has 0 aromatic rings. The highest BCUT2D eigenvalue weighted by molar-refractivity contribution is 5.91. The molecule has 0 amide bonds. The third kappa shape index (κ3) is 2.02. The van der Waals surface area contributed by atoms with Crippen LogP contribution in [0.4, 0.5) is 0 Å². The molecule has 2 aliphatic carbocycles. The van der Waals surface area contributed by atoms with Crippen molar-refractivity contribution in [2.45, 2.75) is 46.5 Å². The Bertz CT molecular complexity index is 288. The molecule has 0 N–H and O–H groups in total. The van der Waals surface area contributed by atoms with Gasteiger partial charge in [-0.2, -0.15) is 0 Å². The summed E-state index contributed by atoms with van der Waals surface area (Å²) >= 11 is 0. The van der Waals surface area contributed by atoms with E-state index in [4.69, 9.17) is 0 Å². The van der Waals surface area contributed by atoms with Gasteiger partial charge in [-0.05, 0) is 49.0 Å². The van der Waals surface area contributed by atoms with Crippen LogP contribution in [0.5, 0.6) is 0 Å². The number of carbonyl (C=O) groups excluding carboxylic acids is 1. The molecule has 2 rings (SSSR count). The fourth-order valence-corrected chi connectivity index (χ4v) is 3.35. The van der Waals surface area contributed by atoms with Gasteiger partial charge in [0.2, 0.25) is 0 Å². The highest BCUT2D eigenvalue weighted by Gasteiger charge is 2.36. The van der Waals surface area contributed by atoms with Gasteiger partial charge in [-0.25, -0.2) is 0 Å². The van der Waals surface area contributed by atoms with E-state index in [9.17, 15) is 4.79 Å². The summed E-state index contributed by atoms with van der Waals surface area (Å²) in [5, 5.41) is 0. The minimum atomic E-state index is 0.362. The Morgan fingerprint density at radius 3 is 2.67 bits per heavy atom. The minimum absolute atomic E-state index is 0.362. The zero-order valence-electron chi connectivity index (χ0n) is 10.1. The van der Waals surface area contributed by atoms with Gasteiger partial charge < -0.3 is 0 Å². The smallest absolute Gasteiger partial charge is 0.155 e. The van der Waals surface area contributed by atoms with E-state index in [0.29, 0.717) is 23.5 Å². The molecule has 0 radical (unpaired) electrons. The highest BCUT2D eigenvalue weighted by Crippen LogP contribution is 2.45. The molecule has 0 saturated heterocycles. The largest absolute Gasteiger partial charge is 0.295 e. The second kappa shape index (κ2) is 4.11. The number of rotatable bonds is 1. The number of hydrogen-bond acceptors (Lipinski definition) is 1. The average molecular weight is 206 g/mol. The van der Waals surface area contributed by atoms with Crippen molar-refractivity contribution in [3.05, 3.63) is 11.6 Å². The molecule has 1 saturated carbocycles. The first-order chi connectivity index (χ1) is 7.09. The third-order valence-electron chi connectivity index (χ3n) is 4.31. The van der Waals surface area contributed by atoms with E-state index < -0.39 is 0 Å². The maximum Gasteiger partial charge on any atom is 0.155 e. The van der Waals surface area contributed by atoms with Crippen LogP contribution in [0.25, 0.3) is 0 Å². The Morgan fingerprint density at radius 2 is 2.00 bits per heavy atom. The van der Waals surface area contributed by atoms with E-state index in [1.807, 2.05) is 6.08 Å². The van der Waals surface area contributed by atoms with Crippen LogP contribution >= 0.6 is 0 Å². The van der Waals surface area contributed by atoms with E-state index in [0.717, 1.165) is 18.8 Å². The molecular weight excluding hydrogens is 184 g/mol. The average Bonchev–Trinajstić information content (AvgIpc) is 2.17. The Morgan fingerprint density at radius 1 is 1.27 bits per heavy atom. The Labute approximate surface area is 92.9 Å². The molecule has 1 heteroatoms. The molecule has 15 heavy (non-hydrogen) atoms. The fraction of sp³-hybridized carbons (Fsp3) is 0.786. The summed E-state index contributed by atoms with van der Waals surface area (Å²) in [5.74, 6) is 3.23. The van der Waals surface area contributed by atoms with Gasteiger partial charge in [0.05, 0.1) is 0 Å². The van der Waals surface area contributed by atoms with Crippen molar-refractivity contribution in [2.75, 3.05) is 0 Å². The molecule has 0 unspecified atom stereocenters. The molecule has 0 aromatic heterocycles. The predicted molar refractivity (Wildman–Crippen MR) is 62.5 cm³/mol. The van der Waals surface area contributed by atoms with Crippen molar-refractivity contribution in [3.63, 3.8) is 0 Å². The third-order valence-corrected chi connectivity index (χ3v) is 4.31. The van der Waals surface area contributed by atoms with Crippen LogP contribution in [0, 0.1) is 23.7 Å². The van der Waals surface area contributed by atoms with Crippen LogP contribution in [0.2, 0.25) is 0 Å². The first kappa shape index (κ1) is 10.9. The molecule has 3 atom stereocenters. The van der Waals surface area contributed by atoms with E-state index in [-0.39, 0.29) is 0 Å². The molecule has 1 nitrogen and oxygen atoms in total. The van der Waals surface area contributed by atoms with Gasteiger partial charge in [-0.1, -0.05) is 26.3 Å². The zero-order valence-corrected chi connectivity index (χ0v) is 10.1. The number of carbonyl (C=O) groups is 1. The van der Waals surface area contributed by atoms with Gasteiger partial charge in [0, 0.05) is 6.42 Å². The topological polar surface area (TPSA) is 17.1 Å². The van der Waals surface area contributed by atoms with Gasteiger partial charge in [-0.15, -0.1) is 0 Å². The molecule has 1 fully saturated rings. The van der Waals surface area contributed by atoms with Crippen molar-refractivity contribution in [1.82, 2.24) is 0 Å². The van der Waals surface area contributed by atoms with Gasteiger partial charge in [0.15, 0.2) is 5.78 Å². The normalized spacial score (nSPS) is 36.4. The van der Waals surface area contributed by atoms with Crippen LogP contribution in [0.1, 0.15) is 46.5 Å². The molecule has 0 aromatic carbocycles. The van der Waals surface area contributed by atoms with Crippen molar-refractivity contribution < 1.29 is 4.79 Å². The van der Waals surface area contributed by atoms with Crippen molar-refractivity contribution >= 4 is 5.78 Å². The summed E-state index contributed by atoms with van der Waals surface area (Å²) in [6, 6.07) is 0. The monoisotopic (exact) mass is 206 g/mol. The number of ketones is 1. The number of fused-ring (bicyclic) bond motifs is 1. The Kier molecular flexibility index (Phi) is 2.99. The number of allylic oxidation sites excluding steroid dienone is 2. The lowest BCUT2D eigenvalue weighted by molar-refractivity contribution is -0.115. The lowest BCUT2D eigenvalue weighted by Gasteiger charge is -2.41. The first-order valence-corrected chi connectivity index (χ1v) is 6.34. The molecule has 0 aliphatic heterocycles. The Hall–Kier alpha value is -0.590. The van der Waals surface area contributed by atoms with Crippen LogP contribution in [0.15, 0.2) is 11.6 Å². The van der Waals surface area contributed by atoms with Gasteiger partial charge >= 0.3 is 0 Å². The first-order valence-electron chi connectivity index (χ1n) is 6.34. The summed E-state index contributed by atoms with van der Waals surface area (Å²) in [6.07, 6.45) is 6.50. The van der Waals surface area contributed by atoms with Crippen LogP contribution in [0.3, 0.4) is 0 Å². The molecule has 0 bridgehead atoms. The molecule has 2 aliphatic rings. The van der Waals surface area contributed by atoms with Gasteiger partial charge in [-0.3, -0.25) is 4.79 Å². The Balaban J connectivity index is 2.27. The van der Waals surface area contributed by atoms with E-state index in [1.165, 1.54) is 18.4 Å². The van der Waals surface area contributed by atoms with Gasteiger partial charge in [0.1, 0.15) is 0 Å². The van der Waals surface area contributed by atoms with E-state index >= 15 is 0 Å². The minimum Gasteiger partial charge on any atom is -0.295 e. The maximum absolute atomic E-state index is 11.5. The lowest BCUT2D eigenvalue weighted by Crippen LogP contribution is -2.32. The SMILES string of the molecule is CC(C)[C@H]1CC[C@H](C)[C@@H]2CCC(=O)C=C21. The fourth-order valence-electron chi connectivity index (χ4n) is 3.35. The molecule has 84 valence electrons. The highest BCUT2D eigenvalue weighted by atomic mass is 16.1. The molecular formula is C14H22O. The number of hydrogen-bond donors (Lipinski definition) is 0. The van der Waals surface area contributed by atoms with E-state index in [2.05, 4.69) is 20.8 Å². The van der Waals surface area contributed by atoms with Crippen LogP contribution < -0.4 is 0 Å².